The third kappa shape index (κ3) is 2.88. The minimum Gasteiger partial charge on any atom is -0.389 e. The Bertz CT molecular complexity index is 942. The summed E-state index contributed by atoms with van der Waals surface area (Å²) in [5.74, 6) is -0.798. The molecule has 1 aromatic heterocycles. The average molecular weight is 359 g/mol. The highest BCUT2D eigenvalue weighted by Gasteiger charge is 2.27. The Balaban J connectivity index is 1.70. The van der Waals surface area contributed by atoms with Crippen LogP contribution in [0.15, 0.2) is 36.4 Å². The Labute approximate surface area is 148 Å². The molecule has 26 heavy (non-hydrogen) atoms. The monoisotopic (exact) mass is 359 g/mol. The van der Waals surface area contributed by atoms with Gasteiger partial charge in [-0.3, -0.25) is 0 Å². The van der Waals surface area contributed by atoms with Gasteiger partial charge in [0.25, 0.3) is 0 Å². The van der Waals surface area contributed by atoms with Crippen LogP contribution in [-0.4, -0.2) is 45.8 Å². The highest BCUT2D eigenvalue weighted by molar-refractivity contribution is 6.08. The molecule has 2 aromatic carbocycles. The van der Waals surface area contributed by atoms with Crippen LogP contribution in [0.4, 0.5) is 13.6 Å². The number of benzene rings is 2. The number of fused-ring (bicyclic) bond motifs is 3. The SMILES string of the molecule is C[C@H]1CN(C[C@@H](O)Cn2c3ccc(F)cc3c3cc(F)ccc32)C(=O)N1. The summed E-state index contributed by atoms with van der Waals surface area (Å²) in [6.07, 6.45) is -0.806. The molecule has 0 radical (unpaired) electrons. The second kappa shape index (κ2) is 6.25. The molecule has 7 heteroatoms. The molecule has 2 heterocycles. The molecule has 2 atom stereocenters. The van der Waals surface area contributed by atoms with E-state index in [9.17, 15) is 18.7 Å². The predicted octanol–water partition coefficient (Wildman–Crippen LogP) is 2.85. The van der Waals surface area contributed by atoms with Gasteiger partial charge in [-0.1, -0.05) is 0 Å². The number of carbonyl (C=O) groups is 1. The molecule has 4 rings (SSSR count). The van der Waals surface area contributed by atoms with Crippen LogP contribution in [0.1, 0.15) is 6.92 Å². The molecule has 1 saturated heterocycles. The highest BCUT2D eigenvalue weighted by Crippen LogP contribution is 2.30. The average Bonchev–Trinajstić information content (AvgIpc) is 3.04. The zero-order chi connectivity index (χ0) is 18.4. The predicted molar refractivity (Wildman–Crippen MR) is 94.9 cm³/mol. The van der Waals surface area contributed by atoms with Crippen molar-refractivity contribution in [2.24, 2.45) is 0 Å². The smallest absolute Gasteiger partial charge is 0.317 e. The number of nitrogens with one attached hydrogen (secondary N) is 1. The lowest BCUT2D eigenvalue weighted by atomic mass is 10.1. The minimum absolute atomic E-state index is 0.0499. The Morgan fingerprint density at radius 2 is 1.69 bits per heavy atom. The van der Waals surface area contributed by atoms with Crippen LogP contribution in [0.2, 0.25) is 0 Å². The number of hydrogen-bond donors (Lipinski definition) is 2. The van der Waals surface area contributed by atoms with Crippen molar-refractivity contribution in [2.75, 3.05) is 13.1 Å². The van der Waals surface area contributed by atoms with Crippen molar-refractivity contribution in [1.29, 1.82) is 0 Å². The van der Waals surface area contributed by atoms with Crippen molar-refractivity contribution >= 4 is 27.8 Å². The standard InChI is InChI=1S/C19H19F2N3O2/c1-11-8-23(19(26)22-11)9-14(25)10-24-17-4-2-12(20)6-15(17)16-7-13(21)3-5-18(16)24/h2-7,11,14,25H,8-10H2,1H3,(H,22,26)/t11-,14+/m0/s1. The second-order valence-electron chi connectivity index (χ2n) is 6.84. The Hall–Kier alpha value is -2.67. The first-order valence-corrected chi connectivity index (χ1v) is 8.53. The van der Waals surface area contributed by atoms with Gasteiger partial charge in [0.2, 0.25) is 0 Å². The number of hydrogen-bond acceptors (Lipinski definition) is 2. The first-order chi connectivity index (χ1) is 12.4. The Morgan fingerprint density at radius 3 is 2.19 bits per heavy atom. The summed E-state index contributed by atoms with van der Waals surface area (Å²) in [6.45, 7) is 2.86. The van der Waals surface area contributed by atoms with Gasteiger partial charge in [-0.05, 0) is 43.3 Å². The van der Waals surface area contributed by atoms with Gasteiger partial charge in [-0.15, -0.1) is 0 Å². The molecule has 2 N–H and O–H groups in total. The fourth-order valence-corrected chi connectivity index (χ4v) is 3.69. The third-order valence-corrected chi connectivity index (χ3v) is 4.76. The fraction of sp³-hybridized carbons (Fsp3) is 0.316. The minimum atomic E-state index is -0.806. The van der Waals surface area contributed by atoms with Crippen molar-refractivity contribution in [3.8, 4) is 0 Å². The van der Waals surface area contributed by atoms with Gasteiger partial charge in [0.15, 0.2) is 0 Å². The summed E-state index contributed by atoms with van der Waals surface area (Å²) < 4.78 is 29.2. The van der Waals surface area contributed by atoms with E-state index in [-0.39, 0.29) is 25.2 Å². The molecule has 0 saturated carbocycles. The van der Waals surface area contributed by atoms with Crippen LogP contribution in [0.25, 0.3) is 21.8 Å². The van der Waals surface area contributed by atoms with Crippen molar-refractivity contribution < 1.29 is 18.7 Å². The quantitative estimate of drug-likeness (QED) is 0.753. The lowest BCUT2D eigenvalue weighted by Gasteiger charge is -2.20. The molecular weight excluding hydrogens is 340 g/mol. The largest absolute Gasteiger partial charge is 0.389 e. The molecule has 3 aromatic rings. The van der Waals surface area contributed by atoms with Crippen molar-refractivity contribution in [3.05, 3.63) is 48.0 Å². The zero-order valence-corrected chi connectivity index (χ0v) is 14.2. The van der Waals surface area contributed by atoms with E-state index < -0.39 is 17.7 Å². The van der Waals surface area contributed by atoms with Crippen molar-refractivity contribution in [3.63, 3.8) is 0 Å². The van der Waals surface area contributed by atoms with Gasteiger partial charge in [0.1, 0.15) is 11.6 Å². The molecule has 1 fully saturated rings. The second-order valence-corrected chi connectivity index (χ2v) is 6.84. The van der Waals surface area contributed by atoms with Crippen molar-refractivity contribution in [1.82, 2.24) is 14.8 Å². The van der Waals surface area contributed by atoms with Gasteiger partial charge in [-0.25, -0.2) is 13.6 Å². The number of urea groups is 1. The lowest BCUT2D eigenvalue weighted by molar-refractivity contribution is 0.117. The molecule has 0 unspecified atom stereocenters. The van der Waals surface area contributed by atoms with E-state index in [0.29, 0.717) is 28.4 Å². The summed E-state index contributed by atoms with van der Waals surface area (Å²) in [7, 11) is 0. The lowest BCUT2D eigenvalue weighted by Crippen LogP contribution is -2.37. The number of β-amino-alcohol motifs (C(OH)–C–C–N with tert-alkyl or cyclic N) is 1. The summed E-state index contributed by atoms with van der Waals surface area (Å²) in [6, 6.07) is 8.54. The van der Waals surface area contributed by atoms with Crippen LogP contribution >= 0.6 is 0 Å². The van der Waals surface area contributed by atoms with Gasteiger partial charge in [0, 0.05) is 34.4 Å². The third-order valence-electron chi connectivity index (χ3n) is 4.76. The first kappa shape index (κ1) is 16.8. The number of aromatic nitrogens is 1. The normalized spacial score (nSPS) is 18.7. The number of aliphatic hydroxyl groups is 1. The maximum absolute atomic E-state index is 13.7. The van der Waals surface area contributed by atoms with E-state index in [0.717, 1.165) is 0 Å². The van der Waals surface area contributed by atoms with E-state index in [1.165, 1.54) is 24.3 Å². The number of amides is 2. The summed E-state index contributed by atoms with van der Waals surface area (Å²) >= 11 is 0. The van der Waals surface area contributed by atoms with Gasteiger partial charge >= 0.3 is 6.03 Å². The maximum Gasteiger partial charge on any atom is 0.317 e. The molecule has 1 aliphatic rings. The molecule has 1 aliphatic heterocycles. The van der Waals surface area contributed by atoms with Crippen molar-refractivity contribution in [2.45, 2.75) is 25.6 Å². The van der Waals surface area contributed by atoms with E-state index >= 15 is 0 Å². The van der Waals surface area contributed by atoms with Gasteiger partial charge in [-0.2, -0.15) is 0 Å². The molecular formula is C19H19F2N3O2. The number of aliphatic hydroxyl groups excluding tert-OH is 1. The van der Waals surface area contributed by atoms with E-state index in [2.05, 4.69) is 5.32 Å². The number of carbonyl (C=O) groups excluding carboxylic acids is 1. The Morgan fingerprint density at radius 1 is 1.12 bits per heavy atom. The van der Waals surface area contributed by atoms with Crippen LogP contribution in [0.3, 0.4) is 0 Å². The first-order valence-electron chi connectivity index (χ1n) is 8.53. The summed E-state index contributed by atoms with van der Waals surface area (Å²) in [5.41, 5.74) is 1.43. The highest BCUT2D eigenvalue weighted by atomic mass is 19.1. The molecule has 2 amide bonds. The van der Waals surface area contributed by atoms with Crippen LogP contribution in [0.5, 0.6) is 0 Å². The van der Waals surface area contributed by atoms with E-state index in [1.54, 1.807) is 17.0 Å². The van der Waals surface area contributed by atoms with E-state index in [4.69, 9.17) is 0 Å². The zero-order valence-electron chi connectivity index (χ0n) is 14.2. The van der Waals surface area contributed by atoms with Crippen LogP contribution in [0, 0.1) is 11.6 Å². The Kier molecular flexibility index (Phi) is 4.03. The topological polar surface area (TPSA) is 57.5 Å². The van der Waals surface area contributed by atoms with Crippen LogP contribution in [-0.2, 0) is 6.54 Å². The molecule has 0 bridgehead atoms. The molecule has 5 nitrogen and oxygen atoms in total. The van der Waals surface area contributed by atoms with Gasteiger partial charge < -0.3 is 19.9 Å². The van der Waals surface area contributed by atoms with Crippen LogP contribution < -0.4 is 5.32 Å². The number of rotatable bonds is 4. The van der Waals surface area contributed by atoms with Gasteiger partial charge in [0.05, 0.1) is 19.2 Å². The summed E-state index contributed by atoms with van der Waals surface area (Å²) in [4.78, 5) is 13.4. The molecule has 0 aliphatic carbocycles. The maximum atomic E-state index is 13.7. The molecule has 0 spiro atoms. The number of halogens is 2. The number of nitrogens with zero attached hydrogens (tertiary/aromatic N) is 2. The molecule has 136 valence electrons. The summed E-state index contributed by atoms with van der Waals surface area (Å²) in [5, 5.41) is 14.5. The fourth-order valence-electron chi connectivity index (χ4n) is 3.69. The van der Waals surface area contributed by atoms with E-state index in [1.807, 2.05) is 11.5 Å².